The van der Waals surface area contributed by atoms with Crippen LogP contribution in [0, 0.1) is 5.92 Å². The Morgan fingerprint density at radius 1 is 1.39 bits per heavy atom. The molecule has 0 saturated carbocycles. The van der Waals surface area contributed by atoms with Crippen molar-refractivity contribution in [3.63, 3.8) is 0 Å². The van der Waals surface area contributed by atoms with E-state index in [1.165, 1.54) is 0 Å². The van der Waals surface area contributed by atoms with Gasteiger partial charge in [0.05, 0.1) is 12.2 Å². The molecule has 1 rings (SSSR count). The number of thioether (sulfide) groups is 1. The number of nitrogens with zero attached hydrogens (tertiary/aromatic N) is 1. The maximum atomic E-state index is 12.5. The highest BCUT2D eigenvalue weighted by molar-refractivity contribution is 7.98. The number of amides is 1. The number of hydrogen-bond acceptors (Lipinski definition) is 3. The molecule has 1 saturated heterocycles. The molecule has 3 atom stereocenters. The third kappa shape index (κ3) is 3.64. The number of rotatable bonds is 7. The van der Waals surface area contributed by atoms with E-state index in [1.807, 2.05) is 11.8 Å². The molecule has 3 nitrogen and oxygen atoms in total. The number of hydrogen-bond donors (Lipinski definition) is 1. The first-order chi connectivity index (χ1) is 8.52. The van der Waals surface area contributed by atoms with Crippen LogP contribution in [-0.4, -0.2) is 41.1 Å². The van der Waals surface area contributed by atoms with E-state index < -0.39 is 0 Å². The number of carbonyl (C=O) groups is 1. The summed E-state index contributed by atoms with van der Waals surface area (Å²) < 4.78 is 0. The predicted octanol–water partition coefficient (Wildman–Crippen LogP) is 2.71. The van der Waals surface area contributed by atoms with E-state index in [-0.39, 0.29) is 12.2 Å². The van der Waals surface area contributed by atoms with E-state index in [2.05, 4.69) is 44.2 Å². The third-order valence-corrected chi connectivity index (χ3v) is 4.29. The van der Waals surface area contributed by atoms with Crippen molar-refractivity contribution >= 4 is 17.7 Å². The highest BCUT2D eigenvalue weighted by Gasteiger charge is 2.41. The van der Waals surface area contributed by atoms with Crippen molar-refractivity contribution in [2.75, 3.05) is 12.0 Å². The molecule has 106 valence electrons. The summed E-state index contributed by atoms with van der Waals surface area (Å²) in [7, 11) is 0. The van der Waals surface area contributed by atoms with E-state index in [9.17, 15) is 4.79 Å². The van der Waals surface area contributed by atoms with Gasteiger partial charge in [-0.1, -0.05) is 27.2 Å². The molecule has 1 aliphatic rings. The van der Waals surface area contributed by atoms with Gasteiger partial charge in [0.2, 0.25) is 5.91 Å². The monoisotopic (exact) mass is 272 g/mol. The van der Waals surface area contributed by atoms with E-state index >= 15 is 0 Å². The highest BCUT2D eigenvalue weighted by atomic mass is 32.2. The van der Waals surface area contributed by atoms with E-state index in [0.717, 1.165) is 25.0 Å². The Labute approximate surface area is 116 Å². The van der Waals surface area contributed by atoms with Crippen molar-refractivity contribution in [1.82, 2.24) is 10.2 Å². The quantitative estimate of drug-likeness (QED) is 0.773. The normalized spacial score (nSPS) is 26.1. The molecule has 0 aromatic carbocycles. The van der Waals surface area contributed by atoms with E-state index in [1.54, 1.807) is 0 Å². The van der Waals surface area contributed by atoms with Crippen LogP contribution in [0.4, 0.5) is 0 Å². The average Bonchev–Trinajstić information content (AvgIpc) is 2.65. The Bertz CT molecular complexity index is 271. The third-order valence-electron chi connectivity index (χ3n) is 3.65. The van der Waals surface area contributed by atoms with Gasteiger partial charge in [0.25, 0.3) is 0 Å². The Balaban J connectivity index is 2.73. The Morgan fingerprint density at radius 2 is 2.06 bits per heavy atom. The maximum absolute atomic E-state index is 12.5. The second-order valence-corrected chi connectivity index (χ2v) is 6.56. The first-order valence-corrected chi connectivity index (χ1v) is 8.49. The highest BCUT2D eigenvalue weighted by Crippen LogP contribution is 2.24. The Morgan fingerprint density at radius 3 is 2.56 bits per heavy atom. The van der Waals surface area contributed by atoms with Crippen LogP contribution in [0.3, 0.4) is 0 Å². The average molecular weight is 272 g/mol. The Hall–Kier alpha value is -0.220. The lowest BCUT2D eigenvalue weighted by Gasteiger charge is -2.32. The smallest absolute Gasteiger partial charge is 0.241 e. The minimum absolute atomic E-state index is 0.0409. The fraction of sp³-hybridized carbons (Fsp3) is 0.929. The lowest BCUT2D eigenvalue weighted by molar-refractivity contribution is -0.132. The molecule has 0 bridgehead atoms. The van der Waals surface area contributed by atoms with E-state index in [4.69, 9.17) is 0 Å². The maximum Gasteiger partial charge on any atom is 0.241 e. The van der Waals surface area contributed by atoms with Gasteiger partial charge in [-0.05, 0) is 37.7 Å². The summed E-state index contributed by atoms with van der Waals surface area (Å²) in [6.07, 6.45) is 5.42. The van der Waals surface area contributed by atoms with Gasteiger partial charge in [-0.2, -0.15) is 11.8 Å². The fourth-order valence-electron chi connectivity index (χ4n) is 2.60. The largest absolute Gasteiger partial charge is 0.323 e. The zero-order valence-electron chi connectivity index (χ0n) is 12.4. The van der Waals surface area contributed by atoms with Gasteiger partial charge in [0.15, 0.2) is 0 Å². The van der Waals surface area contributed by atoms with Gasteiger partial charge in [-0.3, -0.25) is 10.1 Å². The number of nitrogens with one attached hydrogen (secondary N) is 1. The molecule has 4 heteroatoms. The van der Waals surface area contributed by atoms with E-state index in [0.29, 0.717) is 17.9 Å². The zero-order valence-corrected chi connectivity index (χ0v) is 13.2. The van der Waals surface area contributed by atoms with Crippen LogP contribution in [-0.2, 0) is 4.79 Å². The van der Waals surface area contributed by atoms with Crippen molar-refractivity contribution in [3.05, 3.63) is 0 Å². The standard InChI is InChI=1S/C14H28N2OS/c1-6-7-12-14(17)16(11(4)8-9-18-5)13(15-12)10(2)3/h10-13,15H,6-9H2,1-5H3. The molecular weight excluding hydrogens is 244 g/mol. The molecule has 1 N–H and O–H groups in total. The van der Waals surface area contributed by atoms with Crippen LogP contribution >= 0.6 is 11.8 Å². The summed E-state index contributed by atoms with van der Waals surface area (Å²) in [4.78, 5) is 14.6. The molecule has 1 fully saturated rings. The summed E-state index contributed by atoms with van der Waals surface area (Å²) >= 11 is 1.85. The van der Waals surface area contributed by atoms with Crippen molar-refractivity contribution in [1.29, 1.82) is 0 Å². The minimum Gasteiger partial charge on any atom is -0.323 e. The van der Waals surface area contributed by atoms with Crippen LogP contribution in [0.25, 0.3) is 0 Å². The molecular formula is C14H28N2OS. The molecule has 0 spiro atoms. The van der Waals surface area contributed by atoms with Gasteiger partial charge in [0.1, 0.15) is 0 Å². The molecule has 0 aromatic rings. The van der Waals surface area contributed by atoms with Gasteiger partial charge >= 0.3 is 0 Å². The van der Waals surface area contributed by atoms with Crippen LogP contribution in [0.1, 0.15) is 47.0 Å². The van der Waals surface area contributed by atoms with Crippen LogP contribution < -0.4 is 5.32 Å². The Kier molecular flexibility index (Phi) is 6.50. The molecule has 3 unspecified atom stereocenters. The molecule has 1 heterocycles. The lowest BCUT2D eigenvalue weighted by Crippen LogP contribution is -2.46. The second kappa shape index (κ2) is 7.39. The van der Waals surface area contributed by atoms with Gasteiger partial charge < -0.3 is 4.90 Å². The molecule has 18 heavy (non-hydrogen) atoms. The summed E-state index contributed by atoms with van der Waals surface area (Å²) in [5, 5.41) is 3.52. The van der Waals surface area contributed by atoms with Crippen LogP contribution in [0.15, 0.2) is 0 Å². The summed E-state index contributed by atoms with van der Waals surface area (Å²) in [6.45, 7) is 8.69. The topological polar surface area (TPSA) is 32.3 Å². The fourth-order valence-corrected chi connectivity index (χ4v) is 3.18. The lowest BCUT2D eigenvalue weighted by atomic mass is 10.1. The van der Waals surface area contributed by atoms with Crippen LogP contribution in [0.5, 0.6) is 0 Å². The molecule has 0 radical (unpaired) electrons. The summed E-state index contributed by atoms with van der Waals surface area (Å²) in [6, 6.07) is 0.380. The molecule has 0 aliphatic carbocycles. The van der Waals surface area contributed by atoms with Crippen molar-refractivity contribution in [2.45, 2.75) is 65.2 Å². The van der Waals surface area contributed by atoms with Gasteiger partial charge in [-0.15, -0.1) is 0 Å². The minimum atomic E-state index is 0.0409. The predicted molar refractivity (Wildman–Crippen MR) is 79.8 cm³/mol. The molecule has 1 aliphatic heterocycles. The SMILES string of the molecule is CCCC1NC(C(C)C)N(C(C)CCSC)C1=O. The van der Waals surface area contributed by atoms with Gasteiger partial charge in [0, 0.05) is 6.04 Å². The van der Waals surface area contributed by atoms with Crippen molar-refractivity contribution in [3.8, 4) is 0 Å². The van der Waals surface area contributed by atoms with Crippen molar-refractivity contribution < 1.29 is 4.79 Å². The van der Waals surface area contributed by atoms with Gasteiger partial charge in [-0.25, -0.2) is 0 Å². The summed E-state index contributed by atoms with van der Waals surface area (Å²) in [5.41, 5.74) is 0. The molecule has 0 aromatic heterocycles. The first kappa shape index (κ1) is 15.8. The number of carbonyl (C=O) groups excluding carboxylic acids is 1. The van der Waals surface area contributed by atoms with Crippen molar-refractivity contribution in [2.24, 2.45) is 5.92 Å². The second-order valence-electron chi connectivity index (χ2n) is 5.57. The summed E-state index contributed by atoms with van der Waals surface area (Å²) in [5.74, 6) is 1.89. The van der Waals surface area contributed by atoms with Crippen LogP contribution in [0.2, 0.25) is 0 Å². The molecule has 1 amide bonds. The zero-order chi connectivity index (χ0) is 13.7. The first-order valence-electron chi connectivity index (χ1n) is 7.10.